The SMILES string of the molecule is NNC(CC1CC1)C1COc2ccccc21. The summed E-state index contributed by atoms with van der Waals surface area (Å²) in [5.41, 5.74) is 4.29. The molecule has 2 atom stereocenters. The van der Waals surface area contributed by atoms with E-state index in [0.29, 0.717) is 12.0 Å². The van der Waals surface area contributed by atoms with Crippen LogP contribution in [0.4, 0.5) is 0 Å². The molecule has 1 saturated carbocycles. The number of nitrogens with two attached hydrogens (primary N) is 1. The molecule has 0 saturated heterocycles. The lowest BCUT2D eigenvalue weighted by molar-refractivity contribution is 0.288. The minimum absolute atomic E-state index is 0.358. The first-order valence-electron chi connectivity index (χ1n) is 6.06. The van der Waals surface area contributed by atoms with Crippen LogP contribution in [0.5, 0.6) is 5.75 Å². The van der Waals surface area contributed by atoms with Crippen LogP contribution in [0.1, 0.15) is 30.7 Å². The van der Waals surface area contributed by atoms with Gasteiger partial charge >= 0.3 is 0 Å². The summed E-state index contributed by atoms with van der Waals surface area (Å²) in [5, 5.41) is 0. The standard InChI is InChI=1S/C13H18N2O/c14-15-12(7-9-5-6-9)11-8-16-13-4-2-1-3-10(11)13/h1-4,9,11-12,15H,5-8,14H2. The molecule has 3 rings (SSSR count). The van der Waals surface area contributed by atoms with Crippen molar-refractivity contribution in [2.45, 2.75) is 31.2 Å². The van der Waals surface area contributed by atoms with E-state index in [1.807, 2.05) is 12.1 Å². The molecule has 1 heterocycles. The van der Waals surface area contributed by atoms with Crippen LogP contribution in [0.2, 0.25) is 0 Å². The van der Waals surface area contributed by atoms with Crippen LogP contribution in [-0.2, 0) is 0 Å². The summed E-state index contributed by atoms with van der Waals surface area (Å²) >= 11 is 0. The second kappa shape index (κ2) is 4.07. The summed E-state index contributed by atoms with van der Waals surface area (Å²) in [5.74, 6) is 8.01. The van der Waals surface area contributed by atoms with Gasteiger partial charge in [0.25, 0.3) is 0 Å². The van der Waals surface area contributed by atoms with Gasteiger partial charge < -0.3 is 4.74 Å². The van der Waals surface area contributed by atoms with Crippen molar-refractivity contribution < 1.29 is 4.74 Å². The van der Waals surface area contributed by atoms with Crippen molar-refractivity contribution in [2.24, 2.45) is 11.8 Å². The number of hydrazine groups is 1. The number of fused-ring (bicyclic) bond motifs is 1. The van der Waals surface area contributed by atoms with E-state index in [1.54, 1.807) is 0 Å². The topological polar surface area (TPSA) is 47.3 Å². The molecule has 16 heavy (non-hydrogen) atoms. The molecule has 86 valence electrons. The van der Waals surface area contributed by atoms with Crippen LogP contribution < -0.4 is 16.0 Å². The first-order chi connectivity index (χ1) is 7.88. The van der Waals surface area contributed by atoms with Crippen LogP contribution in [0, 0.1) is 5.92 Å². The first-order valence-corrected chi connectivity index (χ1v) is 6.06. The highest BCUT2D eigenvalue weighted by Crippen LogP contribution is 2.41. The van der Waals surface area contributed by atoms with Crippen molar-refractivity contribution in [3.63, 3.8) is 0 Å². The normalized spacial score (nSPS) is 24.9. The highest BCUT2D eigenvalue weighted by molar-refractivity contribution is 5.40. The van der Waals surface area contributed by atoms with Crippen molar-refractivity contribution in [1.82, 2.24) is 5.43 Å². The van der Waals surface area contributed by atoms with Crippen LogP contribution in [0.15, 0.2) is 24.3 Å². The average Bonchev–Trinajstić information content (AvgIpc) is 3.04. The molecule has 1 aromatic carbocycles. The number of para-hydroxylation sites is 1. The second-order valence-corrected chi connectivity index (χ2v) is 4.91. The van der Waals surface area contributed by atoms with E-state index in [9.17, 15) is 0 Å². The van der Waals surface area contributed by atoms with Crippen molar-refractivity contribution in [3.05, 3.63) is 29.8 Å². The Morgan fingerprint density at radius 2 is 2.19 bits per heavy atom. The quantitative estimate of drug-likeness (QED) is 0.598. The van der Waals surface area contributed by atoms with Crippen LogP contribution >= 0.6 is 0 Å². The highest BCUT2D eigenvalue weighted by Gasteiger charge is 2.34. The molecule has 3 nitrogen and oxygen atoms in total. The Bertz CT molecular complexity index is 376. The molecular weight excluding hydrogens is 200 g/mol. The van der Waals surface area contributed by atoms with E-state index in [-0.39, 0.29) is 0 Å². The van der Waals surface area contributed by atoms with Gasteiger partial charge in [0.2, 0.25) is 0 Å². The summed E-state index contributed by atoms with van der Waals surface area (Å²) in [7, 11) is 0. The van der Waals surface area contributed by atoms with E-state index in [2.05, 4.69) is 17.6 Å². The minimum Gasteiger partial charge on any atom is -0.493 e. The Morgan fingerprint density at radius 3 is 2.94 bits per heavy atom. The van der Waals surface area contributed by atoms with E-state index >= 15 is 0 Å². The number of hydrogen-bond donors (Lipinski definition) is 2. The summed E-state index contributed by atoms with van der Waals surface area (Å²) < 4.78 is 5.70. The fourth-order valence-corrected chi connectivity index (χ4v) is 2.58. The molecule has 2 aliphatic rings. The van der Waals surface area contributed by atoms with Gasteiger partial charge in [0, 0.05) is 17.5 Å². The Hall–Kier alpha value is -1.06. The van der Waals surface area contributed by atoms with E-state index in [0.717, 1.165) is 18.3 Å². The average molecular weight is 218 g/mol. The third-order valence-electron chi connectivity index (χ3n) is 3.72. The Kier molecular flexibility index (Phi) is 2.58. The third-order valence-corrected chi connectivity index (χ3v) is 3.72. The van der Waals surface area contributed by atoms with Crippen LogP contribution in [-0.4, -0.2) is 12.6 Å². The van der Waals surface area contributed by atoms with Gasteiger partial charge in [-0.25, -0.2) is 0 Å². The highest BCUT2D eigenvalue weighted by atomic mass is 16.5. The molecule has 2 unspecified atom stereocenters. The zero-order valence-electron chi connectivity index (χ0n) is 9.36. The molecule has 0 spiro atoms. The maximum atomic E-state index is 5.70. The molecule has 1 fully saturated rings. The maximum absolute atomic E-state index is 5.70. The number of rotatable bonds is 4. The van der Waals surface area contributed by atoms with Crippen molar-refractivity contribution in [1.29, 1.82) is 0 Å². The fraction of sp³-hybridized carbons (Fsp3) is 0.538. The van der Waals surface area contributed by atoms with Gasteiger partial charge in [0.05, 0.1) is 6.61 Å². The van der Waals surface area contributed by atoms with E-state index in [1.165, 1.54) is 24.8 Å². The molecule has 1 aliphatic heterocycles. The molecule has 3 heteroatoms. The van der Waals surface area contributed by atoms with Gasteiger partial charge in [0.15, 0.2) is 0 Å². The summed E-state index contributed by atoms with van der Waals surface area (Å²) in [6, 6.07) is 8.65. The number of nitrogens with one attached hydrogen (secondary N) is 1. The number of hydrogen-bond acceptors (Lipinski definition) is 3. The molecule has 1 aromatic rings. The summed E-state index contributed by atoms with van der Waals surface area (Å²) in [4.78, 5) is 0. The Labute approximate surface area is 95.9 Å². The van der Waals surface area contributed by atoms with Gasteiger partial charge in [-0.3, -0.25) is 11.3 Å². The zero-order chi connectivity index (χ0) is 11.0. The molecule has 0 aromatic heterocycles. The van der Waals surface area contributed by atoms with Gasteiger partial charge in [-0.15, -0.1) is 0 Å². The van der Waals surface area contributed by atoms with E-state index in [4.69, 9.17) is 10.6 Å². The van der Waals surface area contributed by atoms with Crippen LogP contribution in [0.3, 0.4) is 0 Å². The van der Waals surface area contributed by atoms with Gasteiger partial charge in [-0.1, -0.05) is 31.0 Å². The van der Waals surface area contributed by atoms with Gasteiger partial charge in [0.1, 0.15) is 5.75 Å². The number of benzene rings is 1. The molecule has 3 N–H and O–H groups in total. The largest absolute Gasteiger partial charge is 0.493 e. The molecule has 0 amide bonds. The molecule has 1 aliphatic carbocycles. The maximum Gasteiger partial charge on any atom is 0.122 e. The summed E-state index contributed by atoms with van der Waals surface area (Å²) in [6.07, 6.45) is 3.92. The summed E-state index contributed by atoms with van der Waals surface area (Å²) in [6.45, 7) is 0.765. The van der Waals surface area contributed by atoms with Gasteiger partial charge in [-0.2, -0.15) is 0 Å². The zero-order valence-corrected chi connectivity index (χ0v) is 9.36. The van der Waals surface area contributed by atoms with Crippen molar-refractivity contribution in [3.8, 4) is 5.75 Å². The Morgan fingerprint density at radius 1 is 1.38 bits per heavy atom. The molecule has 0 bridgehead atoms. The minimum atomic E-state index is 0.358. The van der Waals surface area contributed by atoms with Crippen molar-refractivity contribution >= 4 is 0 Å². The predicted molar refractivity (Wildman–Crippen MR) is 63.1 cm³/mol. The first kappa shape index (κ1) is 10.1. The Balaban J connectivity index is 1.78. The smallest absolute Gasteiger partial charge is 0.122 e. The predicted octanol–water partition coefficient (Wildman–Crippen LogP) is 1.79. The van der Waals surface area contributed by atoms with Crippen molar-refractivity contribution in [2.75, 3.05) is 6.61 Å². The van der Waals surface area contributed by atoms with E-state index < -0.39 is 0 Å². The third kappa shape index (κ3) is 1.81. The lowest BCUT2D eigenvalue weighted by Crippen LogP contribution is -2.40. The lowest BCUT2D eigenvalue weighted by Gasteiger charge is -2.21. The molecule has 0 radical (unpaired) electrons. The van der Waals surface area contributed by atoms with Crippen LogP contribution in [0.25, 0.3) is 0 Å². The van der Waals surface area contributed by atoms with Gasteiger partial charge in [-0.05, 0) is 18.4 Å². The lowest BCUT2D eigenvalue weighted by atomic mass is 9.90. The fourth-order valence-electron chi connectivity index (χ4n) is 2.58. The monoisotopic (exact) mass is 218 g/mol. The number of ether oxygens (including phenoxy) is 1. The molecular formula is C13H18N2O. The second-order valence-electron chi connectivity index (χ2n) is 4.91.